The minimum Gasteiger partial charge on any atom is -2.00 e. The quantitative estimate of drug-likeness (QED) is 0.457. The van der Waals surface area contributed by atoms with E-state index in [1.54, 1.807) is 0 Å². The molecule has 0 bridgehead atoms. The summed E-state index contributed by atoms with van der Waals surface area (Å²) in [5.74, 6) is -0.909. The Labute approximate surface area is 131 Å². The third kappa shape index (κ3) is 26.3. The summed E-state index contributed by atoms with van der Waals surface area (Å²) in [4.78, 5) is 10.1. The molecule has 0 radical (unpaired) electrons. The Bertz CT molecular complexity index is 146. The van der Waals surface area contributed by atoms with Gasteiger partial charge in [0.05, 0.1) is 0 Å². The molecule has 0 spiro atoms. The molecule has 0 heterocycles. The van der Waals surface area contributed by atoms with Gasteiger partial charge in [0.2, 0.25) is 0 Å². The Hall–Kier alpha value is 0.677. The minimum atomic E-state index is -0.909. The summed E-state index contributed by atoms with van der Waals surface area (Å²) in [6.45, 7) is 2.22. The molecule has 5 heteroatoms. The molecule has 0 aliphatic heterocycles. The Balaban J connectivity index is -0.000000282. The van der Waals surface area contributed by atoms with Gasteiger partial charge in [0, 0.05) is 5.97 Å². The van der Waals surface area contributed by atoms with Gasteiger partial charge in [0.15, 0.2) is 0 Å². The van der Waals surface area contributed by atoms with Crippen LogP contribution in [-0.2, 0) is 32.0 Å². The Morgan fingerprint density at radius 3 is 1.59 bits per heavy atom. The minimum absolute atomic E-state index is 0. The fourth-order valence-electron chi connectivity index (χ4n) is 1.58. The molecule has 0 N–H and O–H groups in total. The molecule has 0 rings (SSSR count). The van der Waals surface area contributed by atoms with E-state index < -0.39 is 5.97 Å². The maximum absolute atomic E-state index is 10.1. The molecule has 0 unspecified atom stereocenters. The molecule has 0 aliphatic rings. The summed E-state index contributed by atoms with van der Waals surface area (Å²) in [6.07, 6.45) is 11.2. The van der Waals surface area contributed by atoms with Crippen molar-refractivity contribution >= 4 is 23.3 Å². The molecule has 0 aliphatic carbocycles. The van der Waals surface area contributed by atoms with Crippen LogP contribution in [0.3, 0.4) is 0 Å². The van der Waals surface area contributed by atoms with Gasteiger partial charge in [-0.25, -0.2) is 0 Å². The molecular formula is C12H23AlO3Ti+4. The number of aliphatic carboxylic acids is 1. The largest absolute Gasteiger partial charge is 4.00 e. The fourth-order valence-corrected chi connectivity index (χ4v) is 1.58. The summed E-state index contributed by atoms with van der Waals surface area (Å²) in [7, 11) is 0. The van der Waals surface area contributed by atoms with Gasteiger partial charge in [-0.1, -0.05) is 58.3 Å². The van der Waals surface area contributed by atoms with Crippen LogP contribution in [0.4, 0.5) is 0 Å². The van der Waals surface area contributed by atoms with Crippen LogP contribution in [0.1, 0.15) is 71.1 Å². The summed E-state index contributed by atoms with van der Waals surface area (Å²) in [6, 6.07) is 0. The Morgan fingerprint density at radius 2 is 1.24 bits per heavy atom. The van der Waals surface area contributed by atoms with Crippen molar-refractivity contribution in [1.82, 2.24) is 0 Å². The Morgan fingerprint density at radius 1 is 0.882 bits per heavy atom. The van der Waals surface area contributed by atoms with E-state index in [2.05, 4.69) is 6.92 Å². The Kier molecular flexibility index (Phi) is 33.9. The molecule has 0 atom stereocenters. The van der Waals surface area contributed by atoms with Crippen molar-refractivity contribution in [3.8, 4) is 0 Å². The molecule has 3 nitrogen and oxygen atoms in total. The molecule has 0 amide bonds. The molecule has 0 saturated carbocycles. The summed E-state index contributed by atoms with van der Waals surface area (Å²) in [5, 5.41) is 10.1. The second-order valence-corrected chi connectivity index (χ2v) is 3.95. The van der Waals surface area contributed by atoms with E-state index in [4.69, 9.17) is 0 Å². The monoisotopic (exact) mass is 290 g/mol. The van der Waals surface area contributed by atoms with Gasteiger partial charge in [-0.15, -0.1) is 0 Å². The standard InChI is InChI=1S/C12H24O2.Al.O.Ti/c1-2-3-4-5-6-7-8-9-10-11-12(13)14;;;/h2-11H2,1H3,(H,13,14);;;/q;+3;-2;+4/p-1. The van der Waals surface area contributed by atoms with Crippen LogP contribution >= 0.6 is 0 Å². The van der Waals surface area contributed by atoms with Gasteiger partial charge in [-0.05, 0) is 12.8 Å². The summed E-state index contributed by atoms with van der Waals surface area (Å²) in [5.41, 5.74) is 0. The van der Waals surface area contributed by atoms with Crippen LogP contribution in [0.25, 0.3) is 0 Å². The maximum Gasteiger partial charge on any atom is 4.00 e. The van der Waals surface area contributed by atoms with E-state index in [1.807, 2.05) is 0 Å². The van der Waals surface area contributed by atoms with E-state index in [0.29, 0.717) is 0 Å². The van der Waals surface area contributed by atoms with Gasteiger partial charge in [-0.3, -0.25) is 0 Å². The zero-order chi connectivity index (χ0) is 10.6. The third-order valence-corrected chi connectivity index (χ3v) is 2.48. The van der Waals surface area contributed by atoms with Crippen LogP contribution in [0, 0.1) is 0 Å². The average molecular weight is 290 g/mol. The van der Waals surface area contributed by atoms with Gasteiger partial charge >= 0.3 is 39.1 Å². The smallest absolute Gasteiger partial charge is 2.00 e. The van der Waals surface area contributed by atoms with E-state index >= 15 is 0 Å². The molecule has 0 fully saturated rings. The predicted molar refractivity (Wildman–Crippen MR) is 63.3 cm³/mol. The van der Waals surface area contributed by atoms with Crippen LogP contribution in [-0.4, -0.2) is 23.3 Å². The molecule has 0 saturated heterocycles. The first kappa shape index (κ1) is 26.3. The van der Waals surface area contributed by atoms with Crippen LogP contribution in [0.15, 0.2) is 0 Å². The van der Waals surface area contributed by atoms with Crippen molar-refractivity contribution in [2.24, 2.45) is 0 Å². The van der Waals surface area contributed by atoms with Crippen molar-refractivity contribution < 1.29 is 37.1 Å². The molecule has 0 aromatic carbocycles. The van der Waals surface area contributed by atoms with Gasteiger partial charge in [-0.2, -0.15) is 0 Å². The first-order valence-electron chi connectivity index (χ1n) is 5.97. The van der Waals surface area contributed by atoms with Crippen molar-refractivity contribution in [1.29, 1.82) is 0 Å². The van der Waals surface area contributed by atoms with Crippen LogP contribution in [0.2, 0.25) is 0 Å². The molecule has 17 heavy (non-hydrogen) atoms. The van der Waals surface area contributed by atoms with E-state index in [9.17, 15) is 9.90 Å². The third-order valence-electron chi connectivity index (χ3n) is 2.48. The fraction of sp³-hybridized carbons (Fsp3) is 0.917. The number of rotatable bonds is 10. The molecule has 92 valence electrons. The van der Waals surface area contributed by atoms with Crippen molar-refractivity contribution in [2.45, 2.75) is 71.1 Å². The normalized spacial score (nSPS) is 8.53. The first-order chi connectivity index (χ1) is 6.77. The number of carbonyl (C=O) groups is 1. The zero-order valence-electron chi connectivity index (χ0n) is 10.9. The number of hydrogen-bond donors (Lipinski definition) is 0. The first-order valence-corrected chi connectivity index (χ1v) is 5.97. The van der Waals surface area contributed by atoms with E-state index in [1.165, 1.54) is 44.9 Å². The second kappa shape index (κ2) is 21.9. The van der Waals surface area contributed by atoms with E-state index in [0.717, 1.165) is 12.8 Å². The average Bonchev–Trinajstić information content (AvgIpc) is 2.15. The number of carbonyl (C=O) groups excluding carboxylic acids is 1. The number of carboxylic acids is 1. The topological polar surface area (TPSA) is 68.6 Å². The summed E-state index contributed by atoms with van der Waals surface area (Å²) < 4.78 is 0. The number of unbranched alkanes of at least 4 members (excludes halogenated alkanes) is 8. The maximum atomic E-state index is 10.1. The zero-order valence-corrected chi connectivity index (χ0v) is 13.6. The van der Waals surface area contributed by atoms with Gasteiger partial charge in [0.1, 0.15) is 0 Å². The van der Waals surface area contributed by atoms with Crippen molar-refractivity contribution in [3.63, 3.8) is 0 Å². The molecule has 0 aromatic rings. The van der Waals surface area contributed by atoms with Gasteiger partial charge in [0.25, 0.3) is 0 Å². The van der Waals surface area contributed by atoms with E-state index in [-0.39, 0.29) is 51.0 Å². The second-order valence-electron chi connectivity index (χ2n) is 3.95. The van der Waals surface area contributed by atoms with Crippen LogP contribution < -0.4 is 5.11 Å². The van der Waals surface area contributed by atoms with Crippen molar-refractivity contribution in [2.75, 3.05) is 0 Å². The predicted octanol–water partition coefficient (Wildman–Crippen LogP) is 2.16. The number of hydrogen-bond acceptors (Lipinski definition) is 2. The van der Waals surface area contributed by atoms with Gasteiger partial charge < -0.3 is 15.4 Å². The molecular weight excluding hydrogens is 267 g/mol. The van der Waals surface area contributed by atoms with Crippen LogP contribution in [0.5, 0.6) is 0 Å². The summed E-state index contributed by atoms with van der Waals surface area (Å²) >= 11 is 0. The van der Waals surface area contributed by atoms with Crippen molar-refractivity contribution in [3.05, 3.63) is 0 Å². The SMILES string of the molecule is CCCCCCCCCCCC(=O)[O-].[Al+3].[O-2].[Ti+4]. The number of carboxylic acid groups (broad SMARTS) is 1. The molecule has 0 aromatic heterocycles.